The summed E-state index contributed by atoms with van der Waals surface area (Å²) in [7, 11) is 1.68. The van der Waals surface area contributed by atoms with Gasteiger partial charge in [-0.25, -0.2) is 9.97 Å². The summed E-state index contributed by atoms with van der Waals surface area (Å²) in [5.41, 5.74) is 1.45. The van der Waals surface area contributed by atoms with E-state index in [0.717, 1.165) is 36.8 Å². The molecule has 8 heteroatoms. The van der Waals surface area contributed by atoms with Gasteiger partial charge >= 0.3 is 0 Å². The molecule has 1 aliphatic rings. The Hall–Kier alpha value is -2.38. The van der Waals surface area contributed by atoms with Gasteiger partial charge in [0.2, 0.25) is 0 Å². The van der Waals surface area contributed by atoms with Crippen LogP contribution in [0.2, 0.25) is 5.02 Å². The molecule has 0 bridgehead atoms. The zero-order valence-corrected chi connectivity index (χ0v) is 16.2. The molecule has 2 heterocycles. The summed E-state index contributed by atoms with van der Waals surface area (Å²) in [6.45, 7) is 4.25. The fourth-order valence-corrected chi connectivity index (χ4v) is 3.15. The molecule has 0 unspecified atom stereocenters. The molecule has 3 rings (SSSR count). The molecular weight excluding hydrogens is 366 g/mol. The van der Waals surface area contributed by atoms with Crippen molar-refractivity contribution in [2.24, 2.45) is 0 Å². The van der Waals surface area contributed by atoms with Crippen LogP contribution in [0.5, 0.6) is 0 Å². The Balaban J connectivity index is 1.51. The molecule has 1 aromatic carbocycles. The maximum atomic E-state index is 12.7. The molecule has 2 aromatic rings. The van der Waals surface area contributed by atoms with Gasteiger partial charge in [0, 0.05) is 57.2 Å². The maximum Gasteiger partial charge on any atom is 0.274 e. The monoisotopic (exact) mass is 389 g/mol. The van der Waals surface area contributed by atoms with Crippen molar-refractivity contribution in [1.29, 1.82) is 0 Å². The van der Waals surface area contributed by atoms with Crippen LogP contribution in [0.3, 0.4) is 0 Å². The number of nitrogens with zero attached hydrogens (tertiary/aromatic N) is 4. The number of carbonyl (C=O) groups excluding carboxylic acids is 1. The zero-order valence-electron chi connectivity index (χ0n) is 15.4. The molecular formula is C19H24ClN5O2. The molecule has 0 aliphatic carbocycles. The van der Waals surface area contributed by atoms with Crippen molar-refractivity contribution in [1.82, 2.24) is 14.9 Å². The van der Waals surface area contributed by atoms with E-state index in [1.807, 2.05) is 29.2 Å². The average Bonchev–Trinajstić information content (AvgIpc) is 2.71. The van der Waals surface area contributed by atoms with Gasteiger partial charge in [0.05, 0.1) is 12.4 Å². The number of piperazine rings is 1. The van der Waals surface area contributed by atoms with Crippen LogP contribution in [0.4, 0.5) is 11.5 Å². The van der Waals surface area contributed by atoms with Crippen molar-refractivity contribution >= 4 is 29.0 Å². The number of benzene rings is 1. The molecule has 0 atom stereocenters. The van der Waals surface area contributed by atoms with E-state index in [4.69, 9.17) is 16.3 Å². The minimum absolute atomic E-state index is 0.0841. The Labute approximate surface area is 164 Å². The summed E-state index contributed by atoms with van der Waals surface area (Å²) in [5.74, 6) is 0.576. The van der Waals surface area contributed by atoms with E-state index in [9.17, 15) is 4.79 Å². The van der Waals surface area contributed by atoms with Crippen LogP contribution in [-0.4, -0.2) is 67.2 Å². The third-order valence-electron chi connectivity index (χ3n) is 4.44. The van der Waals surface area contributed by atoms with Gasteiger partial charge in [0.15, 0.2) is 0 Å². The van der Waals surface area contributed by atoms with E-state index in [1.165, 1.54) is 6.20 Å². The number of hydrogen-bond acceptors (Lipinski definition) is 6. The van der Waals surface area contributed by atoms with Crippen molar-refractivity contribution in [3.8, 4) is 0 Å². The first-order valence-corrected chi connectivity index (χ1v) is 9.40. The molecule has 7 nitrogen and oxygen atoms in total. The first-order valence-electron chi connectivity index (χ1n) is 9.02. The topological polar surface area (TPSA) is 70.6 Å². The van der Waals surface area contributed by atoms with E-state index in [-0.39, 0.29) is 5.91 Å². The third kappa shape index (κ3) is 5.30. The van der Waals surface area contributed by atoms with Gasteiger partial charge in [0.25, 0.3) is 5.91 Å². The third-order valence-corrected chi connectivity index (χ3v) is 4.68. The SMILES string of the molecule is COCCCNc1cnc(C(=O)N2CCN(c3cccc(Cl)c3)CC2)cn1. The number of methoxy groups -OCH3 is 1. The number of anilines is 2. The number of halogens is 1. The standard InChI is InChI=1S/C19H24ClN5O2/c1-27-11-3-6-21-18-14-22-17(13-23-18)19(26)25-9-7-24(8-10-25)16-5-2-4-15(20)12-16/h2,4-5,12-14H,3,6-11H2,1H3,(H,21,23). The van der Waals surface area contributed by atoms with Gasteiger partial charge in [-0.05, 0) is 24.6 Å². The summed E-state index contributed by atoms with van der Waals surface area (Å²) in [4.78, 5) is 25.2. The number of amides is 1. The maximum absolute atomic E-state index is 12.7. The summed E-state index contributed by atoms with van der Waals surface area (Å²) >= 11 is 6.07. The van der Waals surface area contributed by atoms with Gasteiger partial charge in [-0.1, -0.05) is 17.7 Å². The van der Waals surface area contributed by atoms with E-state index in [1.54, 1.807) is 13.3 Å². The molecule has 0 saturated carbocycles. The van der Waals surface area contributed by atoms with Crippen molar-refractivity contribution in [3.05, 3.63) is 47.4 Å². The number of carbonyl (C=O) groups is 1. The van der Waals surface area contributed by atoms with Gasteiger partial charge in [-0.2, -0.15) is 0 Å². The lowest BCUT2D eigenvalue weighted by Crippen LogP contribution is -2.49. The predicted molar refractivity (Wildman–Crippen MR) is 107 cm³/mol. The van der Waals surface area contributed by atoms with Gasteiger partial charge in [0.1, 0.15) is 11.5 Å². The Morgan fingerprint density at radius 1 is 1.22 bits per heavy atom. The lowest BCUT2D eigenvalue weighted by atomic mass is 10.2. The molecule has 0 spiro atoms. The van der Waals surface area contributed by atoms with Crippen LogP contribution in [-0.2, 0) is 4.74 Å². The van der Waals surface area contributed by atoms with Crippen LogP contribution in [0, 0.1) is 0 Å². The highest BCUT2D eigenvalue weighted by Gasteiger charge is 2.23. The highest BCUT2D eigenvalue weighted by molar-refractivity contribution is 6.30. The van der Waals surface area contributed by atoms with Crippen molar-refractivity contribution in [2.75, 3.05) is 56.7 Å². The van der Waals surface area contributed by atoms with Gasteiger partial charge in [-0.15, -0.1) is 0 Å². The molecule has 0 radical (unpaired) electrons. The highest BCUT2D eigenvalue weighted by atomic mass is 35.5. The van der Waals surface area contributed by atoms with E-state index < -0.39 is 0 Å². The highest BCUT2D eigenvalue weighted by Crippen LogP contribution is 2.21. The lowest BCUT2D eigenvalue weighted by Gasteiger charge is -2.36. The van der Waals surface area contributed by atoms with Crippen LogP contribution in [0.25, 0.3) is 0 Å². The Bertz CT molecular complexity index is 748. The van der Waals surface area contributed by atoms with Crippen LogP contribution < -0.4 is 10.2 Å². The molecule has 144 valence electrons. The minimum Gasteiger partial charge on any atom is -0.385 e. The zero-order chi connectivity index (χ0) is 19.1. The summed E-state index contributed by atoms with van der Waals surface area (Å²) in [6, 6.07) is 7.78. The molecule has 27 heavy (non-hydrogen) atoms. The van der Waals surface area contributed by atoms with E-state index in [0.29, 0.717) is 31.2 Å². The minimum atomic E-state index is -0.0841. The number of ether oxygens (including phenoxy) is 1. The lowest BCUT2D eigenvalue weighted by molar-refractivity contribution is 0.0740. The number of nitrogens with one attached hydrogen (secondary N) is 1. The number of hydrogen-bond donors (Lipinski definition) is 1. The molecule has 1 aromatic heterocycles. The summed E-state index contributed by atoms with van der Waals surface area (Å²) in [6.07, 6.45) is 4.02. The molecule has 1 fully saturated rings. The molecule has 1 saturated heterocycles. The number of aromatic nitrogens is 2. The molecule has 1 N–H and O–H groups in total. The largest absolute Gasteiger partial charge is 0.385 e. The summed E-state index contributed by atoms with van der Waals surface area (Å²) in [5, 5.41) is 3.88. The fraction of sp³-hybridized carbons (Fsp3) is 0.421. The smallest absolute Gasteiger partial charge is 0.274 e. The van der Waals surface area contributed by atoms with Crippen molar-refractivity contribution in [3.63, 3.8) is 0 Å². The first kappa shape index (κ1) is 19.4. The average molecular weight is 390 g/mol. The number of rotatable bonds is 7. The molecule has 1 aliphatic heterocycles. The van der Waals surface area contributed by atoms with Crippen molar-refractivity contribution in [2.45, 2.75) is 6.42 Å². The van der Waals surface area contributed by atoms with Crippen molar-refractivity contribution < 1.29 is 9.53 Å². The van der Waals surface area contributed by atoms with E-state index >= 15 is 0 Å². The van der Waals surface area contributed by atoms with Crippen LogP contribution in [0.15, 0.2) is 36.7 Å². The second-order valence-electron chi connectivity index (χ2n) is 6.32. The van der Waals surface area contributed by atoms with Gasteiger partial charge < -0.3 is 19.9 Å². The normalized spacial score (nSPS) is 14.3. The van der Waals surface area contributed by atoms with Crippen LogP contribution in [0.1, 0.15) is 16.9 Å². The first-order chi connectivity index (χ1) is 13.2. The van der Waals surface area contributed by atoms with E-state index in [2.05, 4.69) is 20.2 Å². The Kier molecular flexibility index (Phi) is 6.84. The predicted octanol–water partition coefficient (Wildman–Crippen LogP) is 2.54. The Morgan fingerprint density at radius 2 is 2.04 bits per heavy atom. The second-order valence-corrected chi connectivity index (χ2v) is 6.76. The van der Waals surface area contributed by atoms with Crippen LogP contribution >= 0.6 is 11.6 Å². The Morgan fingerprint density at radius 3 is 2.70 bits per heavy atom. The van der Waals surface area contributed by atoms with Gasteiger partial charge in [-0.3, -0.25) is 4.79 Å². The quantitative estimate of drug-likeness (QED) is 0.734. The molecule has 1 amide bonds. The summed E-state index contributed by atoms with van der Waals surface area (Å²) < 4.78 is 5.00. The second kappa shape index (κ2) is 9.53. The fourth-order valence-electron chi connectivity index (χ4n) is 2.97.